The Morgan fingerprint density at radius 1 is 1.10 bits per heavy atom. The maximum absolute atomic E-state index is 14.4. The molecule has 4 nitrogen and oxygen atoms in total. The molecule has 8 heteroatoms. The van der Waals surface area contributed by atoms with Gasteiger partial charge in [-0.05, 0) is 54.7 Å². The normalized spacial score (nSPS) is 12.2. The molecule has 0 fully saturated rings. The number of nitrogens with one attached hydrogen (secondary N) is 1. The van der Waals surface area contributed by atoms with Crippen molar-refractivity contribution in [3.8, 4) is 0 Å². The van der Waals surface area contributed by atoms with Gasteiger partial charge in [0.15, 0.2) is 0 Å². The van der Waals surface area contributed by atoms with Crippen molar-refractivity contribution in [1.82, 2.24) is 5.32 Å². The van der Waals surface area contributed by atoms with E-state index in [0.717, 1.165) is 25.0 Å². The van der Waals surface area contributed by atoms with Crippen molar-refractivity contribution in [3.05, 3.63) is 65.2 Å². The predicted molar refractivity (Wildman–Crippen MR) is 123 cm³/mol. The Morgan fingerprint density at radius 3 is 2.55 bits per heavy atom. The van der Waals surface area contributed by atoms with E-state index in [4.69, 9.17) is 4.89 Å². The average molecular weight is 471 g/mol. The SMILES string of the molecule is CC(C)(CCCCSc1cc(F)c(CNCCCO[P+](=O)O)cc1F)c1ccccc1. The van der Waals surface area contributed by atoms with Gasteiger partial charge >= 0.3 is 8.25 Å². The van der Waals surface area contributed by atoms with Crippen LogP contribution in [0.1, 0.15) is 50.7 Å². The molecular formula is C23H31F2NO3PS+. The molecule has 1 unspecified atom stereocenters. The Balaban J connectivity index is 1.72. The summed E-state index contributed by atoms with van der Waals surface area (Å²) < 4.78 is 43.6. The van der Waals surface area contributed by atoms with Gasteiger partial charge in [0.1, 0.15) is 18.2 Å². The highest BCUT2D eigenvalue weighted by Gasteiger charge is 2.19. The molecule has 2 rings (SSSR count). The molecule has 2 aromatic rings. The number of halogens is 2. The van der Waals surface area contributed by atoms with Crippen LogP contribution in [0.4, 0.5) is 8.78 Å². The maximum Gasteiger partial charge on any atom is 0.694 e. The van der Waals surface area contributed by atoms with E-state index in [1.165, 1.54) is 29.5 Å². The van der Waals surface area contributed by atoms with E-state index >= 15 is 0 Å². The molecule has 0 aromatic heterocycles. The first-order chi connectivity index (χ1) is 14.8. The van der Waals surface area contributed by atoms with Crippen LogP contribution in [0.5, 0.6) is 0 Å². The Bertz CT molecular complexity index is 837. The van der Waals surface area contributed by atoms with Gasteiger partial charge in [-0.3, -0.25) is 0 Å². The maximum atomic E-state index is 14.4. The number of thioether (sulfide) groups is 1. The fourth-order valence-corrected chi connectivity index (χ4v) is 4.50. The molecule has 0 aliphatic heterocycles. The largest absolute Gasteiger partial charge is 0.694 e. The zero-order valence-electron chi connectivity index (χ0n) is 18.1. The summed E-state index contributed by atoms with van der Waals surface area (Å²) in [5.41, 5.74) is 1.68. The third kappa shape index (κ3) is 9.34. The van der Waals surface area contributed by atoms with Gasteiger partial charge in [0.05, 0.1) is 0 Å². The summed E-state index contributed by atoms with van der Waals surface area (Å²) in [5, 5.41) is 2.98. The molecular weight excluding hydrogens is 439 g/mol. The molecule has 0 aliphatic carbocycles. The average Bonchev–Trinajstić information content (AvgIpc) is 2.73. The molecule has 2 aromatic carbocycles. The smallest absolute Gasteiger partial charge is 0.312 e. The molecule has 31 heavy (non-hydrogen) atoms. The van der Waals surface area contributed by atoms with Gasteiger partial charge in [-0.15, -0.1) is 21.2 Å². The number of hydrogen-bond acceptors (Lipinski definition) is 4. The monoisotopic (exact) mass is 470 g/mol. The Hall–Kier alpha value is -1.37. The van der Waals surface area contributed by atoms with E-state index in [0.29, 0.717) is 17.9 Å². The molecule has 0 radical (unpaired) electrons. The summed E-state index contributed by atoms with van der Waals surface area (Å²) >= 11 is 1.35. The van der Waals surface area contributed by atoms with E-state index in [1.54, 1.807) is 0 Å². The second-order valence-electron chi connectivity index (χ2n) is 8.03. The highest BCUT2D eigenvalue weighted by atomic mass is 32.2. The molecule has 0 amide bonds. The van der Waals surface area contributed by atoms with Crippen LogP contribution in [0.15, 0.2) is 47.4 Å². The first kappa shape index (κ1) is 25.9. The third-order valence-electron chi connectivity index (χ3n) is 5.12. The van der Waals surface area contributed by atoms with Crippen molar-refractivity contribution in [3.63, 3.8) is 0 Å². The number of rotatable bonds is 14. The minimum atomic E-state index is -2.59. The fourth-order valence-electron chi connectivity index (χ4n) is 3.26. The van der Waals surface area contributed by atoms with Crippen molar-refractivity contribution in [1.29, 1.82) is 0 Å². The first-order valence-electron chi connectivity index (χ1n) is 10.5. The molecule has 2 N–H and O–H groups in total. The standard InChI is InChI=1S/C23H30F2NO3PS/c1-23(2,19-9-4-3-5-10-19)11-6-7-14-31-22-16-20(24)18(15-21(22)25)17-26-12-8-13-29-30(27)28/h3-5,9-10,15-16,26H,6-8,11-14,17H2,1-2H3/p+1. The first-order valence-corrected chi connectivity index (χ1v) is 12.6. The fraction of sp³-hybridized carbons (Fsp3) is 0.478. The zero-order chi connectivity index (χ0) is 22.7. The van der Waals surface area contributed by atoms with Crippen molar-refractivity contribution in [2.24, 2.45) is 0 Å². The summed E-state index contributed by atoms with van der Waals surface area (Å²) in [6, 6.07) is 12.9. The van der Waals surface area contributed by atoms with Gasteiger partial charge in [0.2, 0.25) is 0 Å². The van der Waals surface area contributed by atoms with Crippen LogP contribution in [0, 0.1) is 11.6 Å². The van der Waals surface area contributed by atoms with Crippen molar-refractivity contribution in [2.75, 3.05) is 18.9 Å². The van der Waals surface area contributed by atoms with Gasteiger partial charge in [0.25, 0.3) is 0 Å². The molecule has 0 saturated carbocycles. The van der Waals surface area contributed by atoms with E-state index < -0.39 is 19.9 Å². The lowest BCUT2D eigenvalue weighted by Crippen LogP contribution is -2.17. The molecule has 170 valence electrons. The van der Waals surface area contributed by atoms with Crippen LogP contribution < -0.4 is 5.32 Å². The lowest BCUT2D eigenvalue weighted by molar-refractivity contribution is 0.276. The summed E-state index contributed by atoms with van der Waals surface area (Å²) in [5.74, 6) is -0.101. The van der Waals surface area contributed by atoms with Gasteiger partial charge in [-0.2, -0.15) is 0 Å². The summed E-state index contributed by atoms with van der Waals surface area (Å²) in [6.45, 7) is 5.26. The van der Waals surface area contributed by atoms with E-state index in [2.05, 4.69) is 48.0 Å². The van der Waals surface area contributed by atoms with E-state index in [1.807, 2.05) is 6.07 Å². The highest BCUT2D eigenvalue weighted by Crippen LogP contribution is 2.30. The van der Waals surface area contributed by atoms with Crippen LogP contribution in [0.2, 0.25) is 0 Å². The minimum Gasteiger partial charge on any atom is -0.312 e. The topological polar surface area (TPSA) is 58.6 Å². The molecule has 0 saturated heterocycles. The van der Waals surface area contributed by atoms with Gasteiger partial charge in [-0.25, -0.2) is 8.78 Å². The molecule has 0 bridgehead atoms. The zero-order valence-corrected chi connectivity index (χ0v) is 19.8. The number of benzene rings is 2. The van der Waals surface area contributed by atoms with Crippen LogP contribution in [-0.4, -0.2) is 23.8 Å². The van der Waals surface area contributed by atoms with Crippen molar-refractivity contribution < 1.29 is 22.8 Å². The Morgan fingerprint density at radius 2 is 1.84 bits per heavy atom. The van der Waals surface area contributed by atoms with Gasteiger partial charge in [0, 0.05) is 21.6 Å². The molecule has 1 atom stereocenters. The van der Waals surface area contributed by atoms with Crippen LogP contribution in [-0.2, 0) is 21.0 Å². The molecule has 0 heterocycles. The quantitative estimate of drug-likeness (QED) is 0.191. The number of unbranched alkanes of at least 4 members (excludes halogenated alkanes) is 1. The molecule has 0 aliphatic rings. The summed E-state index contributed by atoms with van der Waals surface area (Å²) in [7, 11) is -2.59. The van der Waals surface area contributed by atoms with Crippen LogP contribution >= 0.6 is 20.0 Å². The minimum absolute atomic E-state index is 0.0970. The Labute approximate surface area is 188 Å². The van der Waals surface area contributed by atoms with Crippen LogP contribution in [0.25, 0.3) is 0 Å². The Kier molecular flexibility index (Phi) is 11.1. The van der Waals surface area contributed by atoms with Crippen molar-refractivity contribution in [2.45, 2.75) is 56.4 Å². The van der Waals surface area contributed by atoms with E-state index in [-0.39, 0.29) is 24.1 Å². The number of hydrogen-bond donors (Lipinski definition) is 2. The third-order valence-corrected chi connectivity index (χ3v) is 6.65. The van der Waals surface area contributed by atoms with E-state index in [9.17, 15) is 13.3 Å². The van der Waals surface area contributed by atoms with Gasteiger partial charge in [-0.1, -0.05) is 50.6 Å². The lowest BCUT2D eigenvalue weighted by Gasteiger charge is -2.25. The second kappa shape index (κ2) is 13.2. The van der Waals surface area contributed by atoms with Gasteiger partial charge < -0.3 is 5.32 Å². The van der Waals surface area contributed by atoms with Crippen LogP contribution in [0.3, 0.4) is 0 Å². The summed E-state index contributed by atoms with van der Waals surface area (Å²) in [4.78, 5) is 8.86. The van der Waals surface area contributed by atoms with Crippen molar-refractivity contribution >= 4 is 20.0 Å². The lowest BCUT2D eigenvalue weighted by atomic mass is 9.80. The molecule has 0 spiro atoms. The summed E-state index contributed by atoms with van der Waals surface area (Å²) in [6.07, 6.45) is 3.50. The second-order valence-corrected chi connectivity index (χ2v) is 9.90. The highest BCUT2D eigenvalue weighted by molar-refractivity contribution is 7.99. The predicted octanol–water partition coefficient (Wildman–Crippen LogP) is 6.35.